The van der Waals surface area contributed by atoms with Gasteiger partial charge in [0.15, 0.2) is 5.13 Å². The molecule has 7 nitrogen and oxygen atoms in total. The first kappa shape index (κ1) is 21.1. The van der Waals surface area contributed by atoms with Crippen LogP contribution < -0.4 is 20.9 Å². The van der Waals surface area contributed by atoms with Crippen LogP contribution in [-0.2, 0) is 0 Å². The second kappa shape index (κ2) is 9.76. The topological polar surface area (TPSA) is 94.7 Å². The smallest absolute Gasteiger partial charge is 0.275 e. The first-order chi connectivity index (χ1) is 14.6. The lowest BCUT2D eigenvalue weighted by Crippen LogP contribution is -2.36. The molecule has 8 heteroatoms. The molecule has 2 aliphatic rings. The Balaban J connectivity index is 1.40. The molecule has 4 rings (SSSR count). The number of carbonyl (C=O) groups is 1. The molecule has 0 aliphatic carbocycles. The van der Waals surface area contributed by atoms with Gasteiger partial charge in [0.25, 0.3) is 5.91 Å². The van der Waals surface area contributed by atoms with Crippen LogP contribution in [0.2, 0.25) is 0 Å². The normalized spacial score (nSPS) is 18.6. The molecule has 0 radical (unpaired) electrons. The highest BCUT2D eigenvalue weighted by atomic mass is 32.1. The molecule has 4 N–H and O–H groups in total. The Hall–Kier alpha value is -2.16. The molecule has 0 unspecified atom stereocenters. The fraction of sp³-hybridized carbons (Fsp3) is 0.545. The van der Waals surface area contributed by atoms with Crippen molar-refractivity contribution in [2.75, 3.05) is 47.8 Å². The van der Waals surface area contributed by atoms with Crippen molar-refractivity contribution in [3.8, 4) is 0 Å². The van der Waals surface area contributed by atoms with E-state index in [0.29, 0.717) is 11.6 Å². The summed E-state index contributed by atoms with van der Waals surface area (Å²) in [5.74, 6) is 0.529. The van der Waals surface area contributed by atoms with Crippen LogP contribution in [-0.4, -0.2) is 54.8 Å². The summed E-state index contributed by atoms with van der Waals surface area (Å²) < 4.78 is 0. The Kier molecular flexibility index (Phi) is 6.86. The molecule has 2 aliphatic heterocycles. The minimum absolute atomic E-state index is 0.181. The quantitative estimate of drug-likeness (QED) is 0.654. The fourth-order valence-electron chi connectivity index (χ4n) is 4.31. The molecule has 2 saturated heterocycles. The van der Waals surface area contributed by atoms with Gasteiger partial charge in [0.2, 0.25) is 0 Å². The summed E-state index contributed by atoms with van der Waals surface area (Å²) in [6, 6.07) is 7.85. The SMILES string of the molecule is NCCC1CCN(c2nc(C(=O)Nc3ccccc3N3CCC(O)CC3)cs2)CC1. The summed E-state index contributed by atoms with van der Waals surface area (Å²) in [6.45, 7) is 4.28. The number of nitrogens with zero attached hydrogens (tertiary/aromatic N) is 3. The van der Waals surface area contributed by atoms with E-state index < -0.39 is 0 Å². The zero-order chi connectivity index (χ0) is 20.9. The van der Waals surface area contributed by atoms with Crippen molar-refractivity contribution in [1.29, 1.82) is 0 Å². The number of hydrogen-bond donors (Lipinski definition) is 3. The van der Waals surface area contributed by atoms with Crippen LogP contribution in [0.15, 0.2) is 29.6 Å². The number of benzene rings is 1. The summed E-state index contributed by atoms with van der Waals surface area (Å²) in [5.41, 5.74) is 7.93. The average Bonchev–Trinajstić information content (AvgIpc) is 3.26. The van der Waals surface area contributed by atoms with Gasteiger partial charge in [0.1, 0.15) is 5.69 Å². The number of para-hydroxylation sites is 2. The van der Waals surface area contributed by atoms with Crippen molar-refractivity contribution in [3.05, 3.63) is 35.3 Å². The van der Waals surface area contributed by atoms with Gasteiger partial charge in [-0.05, 0) is 56.7 Å². The first-order valence-electron chi connectivity index (χ1n) is 10.9. The molecule has 0 bridgehead atoms. The third-order valence-electron chi connectivity index (χ3n) is 6.14. The van der Waals surface area contributed by atoms with Gasteiger partial charge in [0.05, 0.1) is 17.5 Å². The number of amides is 1. The number of anilines is 3. The fourth-order valence-corrected chi connectivity index (χ4v) is 5.17. The highest BCUT2D eigenvalue weighted by molar-refractivity contribution is 7.14. The molecule has 3 heterocycles. The Labute approximate surface area is 181 Å². The van der Waals surface area contributed by atoms with E-state index in [9.17, 15) is 9.90 Å². The van der Waals surface area contributed by atoms with Crippen molar-refractivity contribution in [1.82, 2.24) is 4.98 Å². The van der Waals surface area contributed by atoms with Gasteiger partial charge in [-0.25, -0.2) is 4.98 Å². The second-order valence-electron chi connectivity index (χ2n) is 8.21. The molecular weight excluding hydrogens is 398 g/mol. The number of carbonyl (C=O) groups excluding carboxylic acids is 1. The van der Waals surface area contributed by atoms with Gasteiger partial charge in [-0.15, -0.1) is 11.3 Å². The molecule has 1 aromatic heterocycles. The summed E-state index contributed by atoms with van der Waals surface area (Å²) in [6.07, 6.45) is 4.64. The predicted octanol–water partition coefficient (Wildman–Crippen LogP) is 2.92. The third kappa shape index (κ3) is 4.94. The Morgan fingerprint density at radius 2 is 1.83 bits per heavy atom. The number of aliphatic hydroxyl groups excluding tert-OH is 1. The molecule has 2 aromatic rings. The lowest BCUT2D eigenvalue weighted by atomic mass is 9.94. The van der Waals surface area contributed by atoms with E-state index in [1.807, 2.05) is 29.6 Å². The third-order valence-corrected chi connectivity index (χ3v) is 7.04. The largest absolute Gasteiger partial charge is 0.393 e. The molecule has 2 fully saturated rings. The maximum Gasteiger partial charge on any atom is 0.275 e. The van der Waals surface area contributed by atoms with Crippen molar-refractivity contribution >= 4 is 33.8 Å². The molecule has 30 heavy (non-hydrogen) atoms. The van der Waals surface area contributed by atoms with E-state index in [1.54, 1.807) is 0 Å². The number of rotatable bonds is 6. The Bertz CT molecular complexity index is 842. The van der Waals surface area contributed by atoms with Gasteiger partial charge in [-0.3, -0.25) is 4.79 Å². The lowest BCUT2D eigenvalue weighted by molar-refractivity contribution is 0.102. The van der Waals surface area contributed by atoms with Crippen LogP contribution >= 0.6 is 11.3 Å². The molecule has 1 aromatic carbocycles. The van der Waals surface area contributed by atoms with E-state index in [1.165, 1.54) is 11.3 Å². The van der Waals surface area contributed by atoms with E-state index >= 15 is 0 Å². The Morgan fingerprint density at radius 1 is 1.13 bits per heavy atom. The van der Waals surface area contributed by atoms with E-state index in [2.05, 4.69) is 20.1 Å². The van der Waals surface area contributed by atoms with Gasteiger partial charge >= 0.3 is 0 Å². The van der Waals surface area contributed by atoms with Crippen LogP contribution in [0, 0.1) is 5.92 Å². The average molecular weight is 430 g/mol. The van der Waals surface area contributed by atoms with E-state index in [4.69, 9.17) is 5.73 Å². The predicted molar refractivity (Wildman–Crippen MR) is 123 cm³/mol. The summed E-state index contributed by atoms with van der Waals surface area (Å²) in [5, 5.41) is 15.6. The van der Waals surface area contributed by atoms with Crippen LogP contribution in [0.25, 0.3) is 0 Å². The van der Waals surface area contributed by atoms with Gasteiger partial charge in [-0.2, -0.15) is 0 Å². The minimum atomic E-state index is -0.225. The van der Waals surface area contributed by atoms with Gasteiger partial charge in [0, 0.05) is 31.6 Å². The molecular formula is C22H31N5O2S. The number of nitrogens with two attached hydrogens (primary N) is 1. The van der Waals surface area contributed by atoms with Gasteiger partial charge in [-0.1, -0.05) is 12.1 Å². The summed E-state index contributed by atoms with van der Waals surface area (Å²) in [7, 11) is 0. The number of thiazole rings is 1. The van der Waals surface area contributed by atoms with E-state index in [-0.39, 0.29) is 12.0 Å². The molecule has 0 saturated carbocycles. The van der Waals surface area contributed by atoms with Gasteiger partial charge < -0.3 is 26.0 Å². The molecule has 0 atom stereocenters. The van der Waals surface area contributed by atoms with Crippen molar-refractivity contribution in [3.63, 3.8) is 0 Å². The summed E-state index contributed by atoms with van der Waals surface area (Å²) in [4.78, 5) is 22.0. The summed E-state index contributed by atoms with van der Waals surface area (Å²) >= 11 is 1.53. The number of aromatic nitrogens is 1. The van der Waals surface area contributed by atoms with Crippen LogP contribution in [0.5, 0.6) is 0 Å². The van der Waals surface area contributed by atoms with Crippen LogP contribution in [0.3, 0.4) is 0 Å². The van der Waals surface area contributed by atoms with Crippen LogP contribution in [0.4, 0.5) is 16.5 Å². The number of nitrogens with one attached hydrogen (secondary N) is 1. The zero-order valence-corrected chi connectivity index (χ0v) is 18.1. The maximum atomic E-state index is 12.9. The number of hydrogen-bond acceptors (Lipinski definition) is 7. The number of piperidine rings is 2. The van der Waals surface area contributed by atoms with Crippen molar-refractivity contribution in [2.45, 2.75) is 38.2 Å². The minimum Gasteiger partial charge on any atom is -0.393 e. The maximum absolute atomic E-state index is 12.9. The molecule has 1 amide bonds. The Morgan fingerprint density at radius 3 is 2.57 bits per heavy atom. The van der Waals surface area contributed by atoms with Crippen molar-refractivity contribution in [2.24, 2.45) is 11.7 Å². The molecule has 0 spiro atoms. The molecule has 162 valence electrons. The van der Waals surface area contributed by atoms with Crippen LogP contribution in [0.1, 0.15) is 42.6 Å². The zero-order valence-electron chi connectivity index (χ0n) is 17.3. The van der Waals surface area contributed by atoms with Crippen molar-refractivity contribution < 1.29 is 9.90 Å². The number of aliphatic hydroxyl groups is 1. The van der Waals surface area contributed by atoms with E-state index in [0.717, 1.165) is 81.3 Å². The monoisotopic (exact) mass is 429 g/mol. The standard InChI is InChI=1S/C22H31N5O2S/c23-10-5-16-6-11-27(12-7-16)22-25-19(15-30-22)21(29)24-18-3-1-2-4-20(18)26-13-8-17(28)9-14-26/h1-4,15-17,28H,5-14,23H2,(H,24,29). The lowest BCUT2D eigenvalue weighted by Gasteiger charge is -2.32. The first-order valence-corrected chi connectivity index (χ1v) is 11.8. The highest BCUT2D eigenvalue weighted by Crippen LogP contribution is 2.30. The highest BCUT2D eigenvalue weighted by Gasteiger charge is 2.23. The second-order valence-corrected chi connectivity index (χ2v) is 9.05.